The number of primary amides is 1. The van der Waals surface area contributed by atoms with E-state index in [0.29, 0.717) is 0 Å². The van der Waals surface area contributed by atoms with Crippen LogP contribution >= 0.6 is 0 Å². The molecule has 0 saturated carbocycles. The highest BCUT2D eigenvalue weighted by molar-refractivity contribution is 7.93. The fraction of sp³-hybridized carbons (Fsp3) is 0.176. The van der Waals surface area contributed by atoms with Crippen LogP contribution in [0, 0.1) is 0 Å². The summed E-state index contributed by atoms with van der Waals surface area (Å²) in [6.07, 6.45) is -1.19. The zero-order chi connectivity index (χ0) is 19.8. The fourth-order valence-electron chi connectivity index (χ4n) is 2.71. The van der Waals surface area contributed by atoms with E-state index in [4.69, 9.17) is 15.2 Å². The number of ether oxygens (including phenoxy) is 2. The van der Waals surface area contributed by atoms with Crippen molar-refractivity contribution in [2.24, 2.45) is 5.73 Å². The first-order chi connectivity index (χ1) is 12.8. The molecule has 0 saturated heterocycles. The van der Waals surface area contributed by atoms with E-state index in [2.05, 4.69) is 0 Å². The molecule has 3 rings (SSSR count). The Hall–Kier alpha value is -3.27. The standard InChI is InChI=1S/C17H16N2O7S/c1-25-13-7-6-10(17(21)22)8-15(13)27(23,24)19-9-14(16(18)20)26-12-5-3-2-4-11(12)19/h2-8,14H,9H2,1H3,(H2,18,20)(H,21,22)/t14-/m1/s1. The van der Waals surface area contributed by atoms with Gasteiger partial charge in [0.05, 0.1) is 24.9 Å². The third-order valence-electron chi connectivity index (χ3n) is 4.03. The summed E-state index contributed by atoms with van der Waals surface area (Å²) in [5.41, 5.74) is 5.29. The lowest BCUT2D eigenvalue weighted by Crippen LogP contribution is -2.49. The highest BCUT2D eigenvalue weighted by atomic mass is 32.2. The number of sulfonamides is 1. The number of carboxylic acid groups (broad SMARTS) is 1. The molecule has 1 amide bonds. The van der Waals surface area contributed by atoms with Gasteiger partial charge in [0, 0.05) is 0 Å². The van der Waals surface area contributed by atoms with Crippen LogP contribution in [0.3, 0.4) is 0 Å². The number of amides is 1. The van der Waals surface area contributed by atoms with E-state index >= 15 is 0 Å². The number of aromatic carboxylic acids is 1. The van der Waals surface area contributed by atoms with E-state index in [9.17, 15) is 23.1 Å². The number of nitrogens with zero attached hydrogens (tertiary/aromatic N) is 1. The third kappa shape index (κ3) is 3.26. The predicted molar refractivity (Wildman–Crippen MR) is 94.5 cm³/mol. The number of para-hydroxylation sites is 2. The first-order valence-corrected chi connectivity index (χ1v) is 9.18. The number of benzene rings is 2. The number of methoxy groups -OCH3 is 1. The minimum Gasteiger partial charge on any atom is -0.495 e. The van der Waals surface area contributed by atoms with E-state index in [1.807, 2.05) is 0 Å². The van der Waals surface area contributed by atoms with Crippen LogP contribution in [0.5, 0.6) is 11.5 Å². The smallest absolute Gasteiger partial charge is 0.335 e. The molecule has 0 aliphatic carbocycles. The molecule has 0 radical (unpaired) electrons. The van der Waals surface area contributed by atoms with Crippen LogP contribution in [0.25, 0.3) is 0 Å². The number of nitrogens with two attached hydrogens (primary N) is 1. The summed E-state index contributed by atoms with van der Waals surface area (Å²) in [6.45, 7) is -0.352. The minimum atomic E-state index is -4.28. The average Bonchev–Trinajstić information content (AvgIpc) is 2.66. The SMILES string of the molecule is COc1ccc(C(=O)O)cc1S(=O)(=O)N1C[C@H](C(N)=O)Oc2ccccc21. The second-order valence-corrected chi connectivity index (χ2v) is 7.51. The molecular formula is C17H16N2O7S. The molecule has 1 aliphatic heterocycles. The number of carbonyl (C=O) groups excluding carboxylic acids is 1. The van der Waals surface area contributed by atoms with Crippen LogP contribution in [-0.2, 0) is 14.8 Å². The van der Waals surface area contributed by atoms with E-state index in [0.717, 1.165) is 10.4 Å². The van der Waals surface area contributed by atoms with Gasteiger partial charge < -0.3 is 20.3 Å². The van der Waals surface area contributed by atoms with Crippen LogP contribution in [0.4, 0.5) is 5.69 Å². The summed E-state index contributed by atoms with van der Waals surface area (Å²) in [7, 11) is -3.01. The molecule has 0 bridgehead atoms. The van der Waals surface area contributed by atoms with Gasteiger partial charge in [0.2, 0.25) is 0 Å². The molecule has 1 atom stereocenters. The van der Waals surface area contributed by atoms with E-state index in [1.165, 1.54) is 31.4 Å². The molecular weight excluding hydrogens is 376 g/mol. The van der Waals surface area contributed by atoms with Crippen LogP contribution in [-0.4, -0.2) is 45.2 Å². The van der Waals surface area contributed by atoms with Crippen molar-refractivity contribution < 1.29 is 32.6 Å². The van der Waals surface area contributed by atoms with E-state index < -0.39 is 28.0 Å². The third-order valence-corrected chi connectivity index (χ3v) is 5.83. The molecule has 142 valence electrons. The first kappa shape index (κ1) is 18.5. The summed E-state index contributed by atoms with van der Waals surface area (Å²) in [6, 6.07) is 9.76. The van der Waals surface area contributed by atoms with Gasteiger partial charge in [0.15, 0.2) is 6.10 Å². The maximum absolute atomic E-state index is 13.3. The van der Waals surface area contributed by atoms with Gasteiger partial charge in [0.1, 0.15) is 16.4 Å². The largest absolute Gasteiger partial charge is 0.495 e. The van der Waals surface area contributed by atoms with Gasteiger partial charge in [0.25, 0.3) is 15.9 Å². The van der Waals surface area contributed by atoms with Gasteiger partial charge in [-0.25, -0.2) is 13.2 Å². The molecule has 0 unspecified atom stereocenters. The van der Waals surface area contributed by atoms with Crippen molar-refractivity contribution in [2.45, 2.75) is 11.0 Å². The van der Waals surface area contributed by atoms with Crippen LogP contribution in [0.15, 0.2) is 47.4 Å². The Kier molecular flexibility index (Phi) is 4.66. The van der Waals surface area contributed by atoms with Gasteiger partial charge in [-0.3, -0.25) is 9.10 Å². The topological polar surface area (TPSA) is 136 Å². The molecule has 0 fully saturated rings. The Balaban J connectivity index is 2.18. The van der Waals surface area contributed by atoms with E-state index in [1.54, 1.807) is 12.1 Å². The quantitative estimate of drug-likeness (QED) is 0.769. The molecule has 2 aromatic rings. The van der Waals surface area contributed by atoms with Crippen molar-refractivity contribution in [3.05, 3.63) is 48.0 Å². The Bertz CT molecular complexity index is 1020. The van der Waals surface area contributed by atoms with Gasteiger partial charge >= 0.3 is 5.97 Å². The Morgan fingerprint density at radius 3 is 2.59 bits per heavy atom. The molecule has 2 aromatic carbocycles. The van der Waals surface area contributed by atoms with Crippen molar-refractivity contribution in [3.8, 4) is 11.5 Å². The average molecular weight is 392 g/mol. The van der Waals surface area contributed by atoms with Crippen molar-refractivity contribution in [3.63, 3.8) is 0 Å². The van der Waals surface area contributed by atoms with Crippen molar-refractivity contribution in [2.75, 3.05) is 18.0 Å². The highest BCUT2D eigenvalue weighted by Gasteiger charge is 2.38. The van der Waals surface area contributed by atoms with Gasteiger partial charge in [-0.05, 0) is 30.3 Å². The molecule has 1 heterocycles. The van der Waals surface area contributed by atoms with Crippen molar-refractivity contribution in [1.82, 2.24) is 0 Å². The lowest BCUT2D eigenvalue weighted by molar-refractivity contribution is -0.124. The number of carboxylic acids is 1. The summed E-state index contributed by atoms with van der Waals surface area (Å²) >= 11 is 0. The predicted octanol–water partition coefficient (Wildman–Crippen LogP) is 0.835. The number of carbonyl (C=O) groups is 2. The maximum atomic E-state index is 13.3. The lowest BCUT2D eigenvalue weighted by Gasteiger charge is -2.34. The second kappa shape index (κ2) is 6.80. The highest BCUT2D eigenvalue weighted by Crippen LogP contribution is 2.38. The van der Waals surface area contributed by atoms with E-state index in [-0.39, 0.29) is 34.2 Å². The lowest BCUT2D eigenvalue weighted by atomic mass is 10.2. The summed E-state index contributed by atoms with van der Waals surface area (Å²) in [5.74, 6) is -1.97. The summed E-state index contributed by atoms with van der Waals surface area (Å²) < 4.78 is 38.2. The van der Waals surface area contributed by atoms with Crippen LogP contribution in [0.1, 0.15) is 10.4 Å². The monoisotopic (exact) mass is 392 g/mol. The zero-order valence-corrected chi connectivity index (χ0v) is 15.0. The zero-order valence-electron chi connectivity index (χ0n) is 14.2. The molecule has 1 aliphatic rings. The normalized spacial score (nSPS) is 16.2. The Morgan fingerprint density at radius 2 is 1.96 bits per heavy atom. The Morgan fingerprint density at radius 1 is 1.26 bits per heavy atom. The molecule has 27 heavy (non-hydrogen) atoms. The van der Waals surface area contributed by atoms with Crippen LogP contribution < -0.4 is 19.5 Å². The number of rotatable bonds is 5. The molecule has 3 N–H and O–H groups in total. The van der Waals surface area contributed by atoms with Gasteiger partial charge in [-0.1, -0.05) is 12.1 Å². The number of hydrogen-bond donors (Lipinski definition) is 2. The minimum absolute atomic E-state index is 0.0282. The fourth-order valence-corrected chi connectivity index (χ4v) is 4.37. The maximum Gasteiger partial charge on any atom is 0.335 e. The number of fused-ring (bicyclic) bond motifs is 1. The van der Waals surface area contributed by atoms with Crippen molar-refractivity contribution in [1.29, 1.82) is 0 Å². The van der Waals surface area contributed by atoms with Gasteiger partial charge in [-0.15, -0.1) is 0 Å². The summed E-state index contributed by atoms with van der Waals surface area (Å²) in [4.78, 5) is 22.5. The summed E-state index contributed by atoms with van der Waals surface area (Å²) in [5, 5.41) is 9.19. The Labute approximate surface area is 155 Å². The van der Waals surface area contributed by atoms with Crippen molar-refractivity contribution >= 4 is 27.6 Å². The second-order valence-electron chi connectivity index (χ2n) is 5.68. The van der Waals surface area contributed by atoms with Gasteiger partial charge in [-0.2, -0.15) is 0 Å². The molecule has 9 nitrogen and oxygen atoms in total. The molecule has 10 heteroatoms. The number of hydrogen-bond acceptors (Lipinski definition) is 6. The van der Waals surface area contributed by atoms with Crippen LogP contribution in [0.2, 0.25) is 0 Å². The number of anilines is 1. The molecule has 0 aromatic heterocycles. The first-order valence-electron chi connectivity index (χ1n) is 7.74. The molecule has 0 spiro atoms.